The van der Waals surface area contributed by atoms with E-state index in [1.54, 1.807) is 0 Å². The van der Waals surface area contributed by atoms with E-state index in [0.29, 0.717) is 31.6 Å². The van der Waals surface area contributed by atoms with Gasteiger partial charge in [0.25, 0.3) is 0 Å². The highest BCUT2D eigenvalue weighted by Gasteiger charge is 2.31. The Morgan fingerprint density at radius 2 is 1.92 bits per heavy atom. The number of nitrogens with one attached hydrogen (secondary N) is 1. The van der Waals surface area contributed by atoms with Crippen molar-refractivity contribution in [2.24, 2.45) is 11.8 Å². The summed E-state index contributed by atoms with van der Waals surface area (Å²) < 4.78 is 30.3. The summed E-state index contributed by atoms with van der Waals surface area (Å²) >= 11 is 0. The molecule has 8 heteroatoms. The minimum Gasteiger partial charge on any atom is -0.379 e. The van der Waals surface area contributed by atoms with Crippen molar-refractivity contribution in [3.05, 3.63) is 0 Å². The predicted octanol–water partition coefficient (Wildman–Crippen LogP) is 0.521. The Labute approximate surface area is 152 Å². The van der Waals surface area contributed by atoms with Crippen LogP contribution >= 0.6 is 0 Å². The number of rotatable bonds is 7. The summed E-state index contributed by atoms with van der Waals surface area (Å²) in [6.07, 6.45) is 3.74. The molecule has 2 unspecified atom stereocenters. The molecule has 25 heavy (non-hydrogen) atoms. The molecule has 0 spiro atoms. The molecule has 0 aromatic heterocycles. The second-order valence-electron chi connectivity index (χ2n) is 7.64. The normalized spacial score (nSPS) is 25.0. The highest BCUT2D eigenvalue weighted by atomic mass is 32.2. The quantitative estimate of drug-likeness (QED) is 0.702. The molecule has 2 aliphatic rings. The fourth-order valence-corrected chi connectivity index (χ4v) is 4.58. The Balaban J connectivity index is 1.88. The summed E-state index contributed by atoms with van der Waals surface area (Å²) in [5.74, 6) is 0.295. The van der Waals surface area contributed by atoms with Gasteiger partial charge in [-0.25, -0.2) is 12.7 Å². The van der Waals surface area contributed by atoms with Gasteiger partial charge in [-0.2, -0.15) is 0 Å². The van der Waals surface area contributed by atoms with E-state index in [0.717, 1.165) is 45.6 Å². The minimum atomic E-state index is -3.23. The van der Waals surface area contributed by atoms with Gasteiger partial charge in [0.05, 0.1) is 25.4 Å². The van der Waals surface area contributed by atoms with E-state index < -0.39 is 10.0 Å². The number of hydrogen-bond donors (Lipinski definition) is 1. The first-order valence-corrected chi connectivity index (χ1v) is 11.2. The van der Waals surface area contributed by atoms with Gasteiger partial charge >= 0.3 is 0 Å². The Hall–Kier alpha value is -0.700. The van der Waals surface area contributed by atoms with Gasteiger partial charge in [-0.1, -0.05) is 13.8 Å². The van der Waals surface area contributed by atoms with Gasteiger partial charge in [-0.15, -0.1) is 0 Å². The zero-order valence-electron chi connectivity index (χ0n) is 15.7. The van der Waals surface area contributed by atoms with E-state index in [1.165, 1.54) is 10.6 Å². The van der Waals surface area contributed by atoms with E-state index in [4.69, 9.17) is 4.74 Å². The Kier molecular flexibility index (Phi) is 7.67. The molecule has 2 atom stereocenters. The molecule has 0 bridgehead atoms. The van der Waals surface area contributed by atoms with Crippen molar-refractivity contribution >= 4 is 15.9 Å². The molecular formula is C17H33N3O4S. The maximum Gasteiger partial charge on any atom is 0.224 e. The van der Waals surface area contributed by atoms with Crippen LogP contribution in [0.2, 0.25) is 0 Å². The van der Waals surface area contributed by atoms with Crippen LogP contribution in [0.15, 0.2) is 0 Å². The molecule has 1 N–H and O–H groups in total. The van der Waals surface area contributed by atoms with Gasteiger partial charge in [0.15, 0.2) is 0 Å². The molecule has 7 nitrogen and oxygen atoms in total. The summed E-state index contributed by atoms with van der Waals surface area (Å²) in [7, 11) is -3.23. The third-order valence-corrected chi connectivity index (χ3v) is 6.31. The number of piperidine rings is 1. The van der Waals surface area contributed by atoms with Gasteiger partial charge in [0.2, 0.25) is 15.9 Å². The number of carbonyl (C=O) groups excluding carboxylic acids is 1. The molecule has 2 saturated heterocycles. The fourth-order valence-electron chi connectivity index (χ4n) is 3.67. The van der Waals surface area contributed by atoms with Crippen LogP contribution in [0.4, 0.5) is 0 Å². The first-order valence-electron chi connectivity index (χ1n) is 9.32. The number of hydrogen-bond acceptors (Lipinski definition) is 5. The first kappa shape index (κ1) is 20.6. The molecule has 146 valence electrons. The van der Waals surface area contributed by atoms with Gasteiger partial charge in [-0.05, 0) is 25.2 Å². The lowest BCUT2D eigenvalue weighted by Gasteiger charge is -2.36. The highest BCUT2D eigenvalue weighted by molar-refractivity contribution is 7.88. The summed E-state index contributed by atoms with van der Waals surface area (Å²) in [4.78, 5) is 15.0. The molecule has 1 amide bonds. The molecular weight excluding hydrogens is 342 g/mol. The number of ether oxygens (including phenoxy) is 1. The Morgan fingerprint density at radius 3 is 2.52 bits per heavy atom. The average molecular weight is 376 g/mol. The third-order valence-electron chi connectivity index (χ3n) is 5.04. The maximum absolute atomic E-state index is 12.6. The lowest BCUT2D eigenvalue weighted by molar-refractivity contribution is -0.126. The van der Waals surface area contributed by atoms with Crippen molar-refractivity contribution in [3.63, 3.8) is 0 Å². The van der Waals surface area contributed by atoms with Crippen molar-refractivity contribution in [1.29, 1.82) is 0 Å². The summed E-state index contributed by atoms with van der Waals surface area (Å²) in [5.41, 5.74) is 0. The van der Waals surface area contributed by atoms with Crippen LogP contribution in [0.3, 0.4) is 0 Å². The zero-order chi connectivity index (χ0) is 18.4. The molecule has 0 saturated carbocycles. The van der Waals surface area contributed by atoms with E-state index in [-0.39, 0.29) is 11.8 Å². The van der Waals surface area contributed by atoms with Crippen molar-refractivity contribution in [3.8, 4) is 0 Å². The summed E-state index contributed by atoms with van der Waals surface area (Å²) in [6.45, 7) is 9.12. The molecule has 0 radical (unpaired) electrons. The third kappa shape index (κ3) is 6.51. The first-order chi connectivity index (χ1) is 11.8. The number of morpholine rings is 1. The topological polar surface area (TPSA) is 79.0 Å². The largest absolute Gasteiger partial charge is 0.379 e. The van der Waals surface area contributed by atoms with Crippen LogP contribution in [0, 0.1) is 11.8 Å². The van der Waals surface area contributed by atoms with Crippen LogP contribution in [0.1, 0.15) is 33.1 Å². The molecule has 0 aromatic carbocycles. The zero-order valence-corrected chi connectivity index (χ0v) is 16.6. The van der Waals surface area contributed by atoms with Crippen LogP contribution in [0.25, 0.3) is 0 Å². The monoisotopic (exact) mass is 375 g/mol. The van der Waals surface area contributed by atoms with E-state index in [9.17, 15) is 13.2 Å². The number of nitrogens with zero attached hydrogens (tertiary/aromatic N) is 2. The molecule has 2 fully saturated rings. The average Bonchev–Trinajstić information content (AvgIpc) is 2.58. The van der Waals surface area contributed by atoms with E-state index in [2.05, 4.69) is 24.1 Å². The van der Waals surface area contributed by atoms with E-state index in [1.807, 2.05) is 0 Å². The number of amides is 1. The molecule has 2 heterocycles. The maximum atomic E-state index is 12.6. The second kappa shape index (κ2) is 9.30. The van der Waals surface area contributed by atoms with Crippen LogP contribution in [-0.4, -0.2) is 81.8 Å². The van der Waals surface area contributed by atoms with Crippen molar-refractivity contribution in [1.82, 2.24) is 14.5 Å². The number of carbonyl (C=O) groups is 1. The van der Waals surface area contributed by atoms with Crippen LogP contribution in [-0.2, 0) is 19.6 Å². The van der Waals surface area contributed by atoms with Crippen molar-refractivity contribution in [2.45, 2.75) is 39.2 Å². The van der Waals surface area contributed by atoms with Crippen molar-refractivity contribution < 1.29 is 17.9 Å². The predicted molar refractivity (Wildman–Crippen MR) is 97.8 cm³/mol. The summed E-state index contributed by atoms with van der Waals surface area (Å²) in [6, 6.07) is 0.308. The fraction of sp³-hybridized carbons (Fsp3) is 0.941. The molecule has 0 aliphatic carbocycles. The minimum absolute atomic E-state index is 0.0182. The van der Waals surface area contributed by atoms with Gasteiger partial charge in [0, 0.05) is 38.8 Å². The standard InChI is InChI=1S/C17H33N3O4S/c1-14(2)11-16(19-7-9-24-10-8-19)12-18-17(21)15-5-4-6-20(13-15)25(3,22)23/h14-16H,4-13H2,1-3H3,(H,18,21). The summed E-state index contributed by atoms with van der Waals surface area (Å²) in [5, 5.41) is 3.08. The van der Waals surface area contributed by atoms with Crippen molar-refractivity contribution in [2.75, 3.05) is 52.2 Å². The highest BCUT2D eigenvalue weighted by Crippen LogP contribution is 2.19. The van der Waals surface area contributed by atoms with Crippen LogP contribution in [0.5, 0.6) is 0 Å². The van der Waals surface area contributed by atoms with E-state index >= 15 is 0 Å². The lowest BCUT2D eigenvalue weighted by atomic mass is 9.98. The van der Waals surface area contributed by atoms with Gasteiger partial charge in [0.1, 0.15) is 0 Å². The Bertz CT molecular complexity index is 532. The lowest BCUT2D eigenvalue weighted by Crippen LogP contribution is -2.51. The molecule has 2 rings (SSSR count). The smallest absolute Gasteiger partial charge is 0.224 e. The van der Waals surface area contributed by atoms with Gasteiger partial charge < -0.3 is 10.1 Å². The van der Waals surface area contributed by atoms with Gasteiger partial charge in [-0.3, -0.25) is 9.69 Å². The Morgan fingerprint density at radius 1 is 1.24 bits per heavy atom. The SMILES string of the molecule is CC(C)CC(CNC(=O)C1CCCN(S(C)(=O)=O)C1)N1CCOCC1. The van der Waals surface area contributed by atoms with Crippen LogP contribution < -0.4 is 5.32 Å². The number of sulfonamides is 1. The second-order valence-corrected chi connectivity index (χ2v) is 9.62. The molecule has 2 aliphatic heterocycles. The molecule has 0 aromatic rings.